The number of methoxy groups -OCH3 is 1. The molecule has 0 aromatic heterocycles. The van der Waals surface area contributed by atoms with Gasteiger partial charge in [0.2, 0.25) is 5.91 Å². The lowest BCUT2D eigenvalue weighted by Gasteiger charge is -1.83. The van der Waals surface area contributed by atoms with Crippen LogP contribution in [0.5, 0.6) is 0 Å². The summed E-state index contributed by atoms with van der Waals surface area (Å²) in [5.74, 6) is -0.443. The van der Waals surface area contributed by atoms with Crippen LogP contribution in [0.1, 0.15) is 0 Å². The van der Waals surface area contributed by atoms with Crippen molar-refractivity contribution in [3.63, 3.8) is 0 Å². The fourth-order valence-electron chi connectivity index (χ4n) is 0.260. The molecule has 0 saturated heterocycles. The molecule has 0 spiro atoms. The minimum absolute atomic E-state index is 0. The minimum atomic E-state index is -0.443. The van der Waals surface area contributed by atoms with Gasteiger partial charge >= 0.3 is 0 Å². The topological polar surface area (TPSA) is 52.3 Å². The first kappa shape index (κ1) is 16.4. The Hall–Kier alpha value is -0.250. The summed E-state index contributed by atoms with van der Waals surface area (Å²) in [6.07, 6.45) is 2.83. The van der Waals surface area contributed by atoms with Crippen LogP contribution in [0.4, 0.5) is 0 Å². The van der Waals surface area contributed by atoms with E-state index in [0.29, 0.717) is 6.61 Å². The molecule has 0 bridgehead atoms. The summed E-state index contributed by atoms with van der Waals surface area (Å²) in [7, 11) is 1.55. The van der Waals surface area contributed by atoms with Crippen LogP contribution < -0.4 is 5.73 Å². The van der Waals surface area contributed by atoms with Crippen molar-refractivity contribution in [2.45, 2.75) is 0 Å². The lowest BCUT2D eigenvalue weighted by molar-refractivity contribution is -0.113. The third-order valence-electron chi connectivity index (χ3n) is 0.545. The zero-order valence-corrected chi connectivity index (χ0v) is 7.21. The standard InChI is InChI=1S/C5H9NO2.2ClH/c1-8-4-2-3-5(6)7;;/h2-3H,4H2,1H3,(H2,6,7);2*1H. The van der Waals surface area contributed by atoms with E-state index in [0.717, 1.165) is 0 Å². The highest BCUT2D eigenvalue weighted by Gasteiger charge is 1.78. The fraction of sp³-hybridized carbons (Fsp3) is 0.400. The highest BCUT2D eigenvalue weighted by atomic mass is 35.5. The number of nitrogens with two attached hydrogens (primary N) is 1. The van der Waals surface area contributed by atoms with E-state index in [4.69, 9.17) is 5.73 Å². The highest BCUT2D eigenvalue weighted by molar-refractivity contribution is 5.86. The third kappa shape index (κ3) is 15.7. The van der Waals surface area contributed by atoms with Crippen LogP contribution in [0.3, 0.4) is 0 Å². The fourth-order valence-corrected chi connectivity index (χ4v) is 0.260. The van der Waals surface area contributed by atoms with Crippen LogP contribution in [-0.2, 0) is 9.53 Å². The summed E-state index contributed by atoms with van der Waals surface area (Å²) >= 11 is 0. The van der Waals surface area contributed by atoms with Gasteiger partial charge < -0.3 is 10.5 Å². The number of carbonyl (C=O) groups excluding carboxylic acids is 1. The van der Waals surface area contributed by atoms with Crippen molar-refractivity contribution >= 4 is 30.7 Å². The Morgan fingerprint density at radius 3 is 2.40 bits per heavy atom. The number of primary amides is 1. The Labute approximate surface area is 72.4 Å². The number of hydrogen-bond acceptors (Lipinski definition) is 2. The molecule has 0 aliphatic carbocycles. The molecule has 62 valence electrons. The van der Waals surface area contributed by atoms with Crippen molar-refractivity contribution in [2.24, 2.45) is 5.73 Å². The van der Waals surface area contributed by atoms with Gasteiger partial charge in [0.05, 0.1) is 6.61 Å². The van der Waals surface area contributed by atoms with Gasteiger partial charge in [-0.2, -0.15) is 0 Å². The number of halogens is 2. The monoisotopic (exact) mass is 187 g/mol. The maximum atomic E-state index is 9.95. The van der Waals surface area contributed by atoms with Crippen molar-refractivity contribution in [3.8, 4) is 0 Å². The molecule has 2 N–H and O–H groups in total. The largest absolute Gasteiger partial charge is 0.381 e. The molecular formula is C5H11Cl2NO2. The van der Waals surface area contributed by atoms with E-state index in [9.17, 15) is 4.79 Å². The van der Waals surface area contributed by atoms with E-state index in [2.05, 4.69) is 4.74 Å². The molecule has 0 rings (SSSR count). The second-order valence-electron chi connectivity index (χ2n) is 1.26. The van der Waals surface area contributed by atoms with Gasteiger partial charge in [-0.25, -0.2) is 0 Å². The van der Waals surface area contributed by atoms with Crippen LogP contribution in [-0.4, -0.2) is 19.6 Å². The number of carbonyl (C=O) groups is 1. The molecule has 0 saturated carbocycles. The van der Waals surface area contributed by atoms with Gasteiger partial charge in [0.15, 0.2) is 0 Å². The van der Waals surface area contributed by atoms with Crippen molar-refractivity contribution in [3.05, 3.63) is 12.2 Å². The molecular weight excluding hydrogens is 177 g/mol. The zero-order valence-electron chi connectivity index (χ0n) is 5.57. The number of amides is 1. The first-order chi connectivity index (χ1) is 3.77. The van der Waals surface area contributed by atoms with Gasteiger partial charge in [-0.05, 0) is 0 Å². The second-order valence-corrected chi connectivity index (χ2v) is 1.26. The summed E-state index contributed by atoms with van der Waals surface area (Å²) in [5, 5.41) is 0. The van der Waals surface area contributed by atoms with Crippen molar-refractivity contribution in [2.75, 3.05) is 13.7 Å². The molecule has 0 aromatic rings. The normalized spacial score (nSPS) is 8.10. The molecule has 0 heterocycles. The molecule has 0 atom stereocenters. The Bertz CT molecular complexity index is 106. The quantitative estimate of drug-likeness (QED) is 0.656. The number of hydrogen-bond donors (Lipinski definition) is 1. The lowest BCUT2D eigenvalue weighted by atomic mass is 10.5. The Kier molecular flexibility index (Phi) is 18.9. The van der Waals surface area contributed by atoms with Crippen LogP contribution in [0.15, 0.2) is 12.2 Å². The van der Waals surface area contributed by atoms with Crippen molar-refractivity contribution in [1.82, 2.24) is 0 Å². The minimum Gasteiger partial charge on any atom is -0.381 e. The second kappa shape index (κ2) is 11.5. The molecule has 0 fully saturated rings. The average molecular weight is 188 g/mol. The molecule has 0 aliphatic rings. The van der Waals surface area contributed by atoms with E-state index in [1.807, 2.05) is 0 Å². The lowest BCUT2D eigenvalue weighted by Crippen LogP contribution is -2.05. The molecule has 0 aromatic carbocycles. The molecule has 1 amide bonds. The Morgan fingerprint density at radius 1 is 1.60 bits per heavy atom. The van der Waals surface area contributed by atoms with Crippen molar-refractivity contribution < 1.29 is 9.53 Å². The van der Waals surface area contributed by atoms with E-state index < -0.39 is 5.91 Å². The first-order valence-corrected chi connectivity index (χ1v) is 2.22. The molecule has 0 unspecified atom stereocenters. The van der Waals surface area contributed by atoms with E-state index in [1.54, 1.807) is 13.2 Å². The smallest absolute Gasteiger partial charge is 0.241 e. The van der Waals surface area contributed by atoms with Crippen LogP contribution >= 0.6 is 24.8 Å². The van der Waals surface area contributed by atoms with Gasteiger partial charge in [0, 0.05) is 13.2 Å². The Morgan fingerprint density at radius 2 is 2.10 bits per heavy atom. The maximum Gasteiger partial charge on any atom is 0.241 e. The number of rotatable bonds is 3. The van der Waals surface area contributed by atoms with Crippen molar-refractivity contribution in [1.29, 1.82) is 0 Å². The van der Waals surface area contributed by atoms with Crippen LogP contribution in [0.25, 0.3) is 0 Å². The summed E-state index contributed by atoms with van der Waals surface area (Å²) in [6.45, 7) is 0.433. The van der Waals surface area contributed by atoms with Gasteiger partial charge in [-0.15, -0.1) is 24.8 Å². The first-order valence-electron chi connectivity index (χ1n) is 2.22. The predicted octanol–water partition coefficient (Wildman–Crippen LogP) is 0.518. The summed E-state index contributed by atoms with van der Waals surface area (Å²) in [4.78, 5) is 9.95. The number of ether oxygens (including phenoxy) is 1. The molecule has 3 nitrogen and oxygen atoms in total. The van der Waals surface area contributed by atoms with E-state index in [1.165, 1.54) is 6.08 Å². The third-order valence-corrected chi connectivity index (χ3v) is 0.545. The van der Waals surface area contributed by atoms with Gasteiger partial charge in [-0.1, -0.05) is 6.08 Å². The summed E-state index contributed by atoms with van der Waals surface area (Å²) in [5.41, 5.74) is 4.75. The zero-order chi connectivity index (χ0) is 6.41. The molecule has 5 heteroatoms. The summed E-state index contributed by atoms with van der Waals surface area (Å²) in [6, 6.07) is 0. The van der Waals surface area contributed by atoms with Gasteiger partial charge in [-0.3, -0.25) is 4.79 Å². The summed E-state index contributed by atoms with van der Waals surface area (Å²) < 4.78 is 4.60. The van der Waals surface area contributed by atoms with E-state index >= 15 is 0 Å². The van der Waals surface area contributed by atoms with Crippen LogP contribution in [0.2, 0.25) is 0 Å². The SMILES string of the molecule is COCC=CC(N)=O.Cl.Cl. The van der Waals surface area contributed by atoms with Gasteiger partial charge in [0.1, 0.15) is 0 Å². The van der Waals surface area contributed by atoms with E-state index in [-0.39, 0.29) is 24.8 Å². The molecule has 10 heavy (non-hydrogen) atoms. The predicted molar refractivity (Wildman–Crippen MR) is 44.7 cm³/mol. The highest BCUT2D eigenvalue weighted by Crippen LogP contribution is 1.70. The van der Waals surface area contributed by atoms with Crippen LogP contribution in [0, 0.1) is 0 Å². The van der Waals surface area contributed by atoms with Gasteiger partial charge in [0.25, 0.3) is 0 Å². The average Bonchev–Trinajstić information content (AvgIpc) is 1.66. The maximum absolute atomic E-state index is 9.95. The molecule has 0 radical (unpaired) electrons. The Balaban J connectivity index is -0.000000245. The molecule has 0 aliphatic heterocycles.